The highest BCUT2D eigenvalue weighted by Crippen LogP contribution is 2.24. The summed E-state index contributed by atoms with van der Waals surface area (Å²) in [7, 11) is 0. The summed E-state index contributed by atoms with van der Waals surface area (Å²) in [6.45, 7) is 1.99. The van der Waals surface area contributed by atoms with Crippen LogP contribution in [0.3, 0.4) is 0 Å². The van der Waals surface area contributed by atoms with Gasteiger partial charge in [0.2, 0.25) is 0 Å². The number of carbonyl (C=O) groups excluding carboxylic acids is 1. The normalized spacial score (nSPS) is 15.9. The molecule has 0 amide bonds. The van der Waals surface area contributed by atoms with E-state index < -0.39 is 23.0 Å². The van der Waals surface area contributed by atoms with Gasteiger partial charge in [-0.1, -0.05) is 29.3 Å². The molecule has 0 aliphatic rings. The molecular weight excluding hydrogens is 279 g/mol. The van der Waals surface area contributed by atoms with Gasteiger partial charge in [-0.2, -0.15) is 13.2 Å². The van der Waals surface area contributed by atoms with Crippen molar-refractivity contribution >= 4 is 21.9 Å². The third kappa shape index (κ3) is 5.36. The number of halogens is 4. The molecule has 0 bridgehead atoms. The SMILES string of the molecule is CCCCOC(=O)[C@@H](Br)[C@@H](N)C(F)(F)F. The lowest BCUT2D eigenvalue weighted by Gasteiger charge is -2.19. The second-order valence-electron chi connectivity index (χ2n) is 2.99. The predicted octanol–water partition coefficient (Wildman–Crippen LogP) is 1.98. The Morgan fingerprint density at radius 3 is 2.47 bits per heavy atom. The molecule has 0 aliphatic heterocycles. The summed E-state index contributed by atoms with van der Waals surface area (Å²) in [4.78, 5) is 9.51. The molecule has 0 unspecified atom stereocenters. The Labute approximate surface area is 94.3 Å². The predicted molar refractivity (Wildman–Crippen MR) is 52.6 cm³/mol. The Morgan fingerprint density at radius 2 is 2.07 bits per heavy atom. The van der Waals surface area contributed by atoms with Gasteiger partial charge in [-0.05, 0) is 6.42 Å². The molecule has 0 radical (unpaired) electrons. The fraction of sp³-hybridized carbons (Fsp3) is 0.875. The lowest BCUT2D eigenvalue weighted by atomic mass is 10.2. The van der Waals surface area contributed by atoms with E-state index >= 15 is 0 Å². The molecular formula is C8H13BrF3NO2. The standard InChI is InChI=1S/C8H13BrF3NO2/c1-2-3-4-15-7(14)5(9)6(13)8(10,11)12/h5-6H,2-4,13H2,1H3/t5-,6+/m0/s1. The van der Waals surface area contributed by atoms with Gasteiger partial charge in [0, 0.05) is 0 Å². The Balaban J connectivity index is 4.08. The van der Waals surface area contributed by atoms with E-state index in [4.69, 9.17) is 5.73 Å². The summed E-state index contributed by atoms with van der Waals surface area (Å²) >= 11 is 2.58. The van der Waals surface area contributed by atoms with E-state index in [-0.39, 0.29) is 6.61 Å². The van der Waals surface area contributed by atoms with Crippen molar-refractivity contribution < 1.29 is 22.7 Å². The van der Waals surface area contributed by atoms with E-state index in [0.717, 1.165) is 6.42 Å². The van der Waals surface area contributed by atoms with Gasteiger partial charge >= 0.3 is 12.1 Å². The average Bonchev–Trinajstić information content (AvgIpc) is 2.14. The molecule has 0 aromatic rings. The van der Waals surface area contributed by atoms with Crippen LogP contribution >= 0.6 is 15.9 Å². The first-order valence-corrected chi connectivity index (χ1v) is 5.35. The molecule has 0 saturated carbocycles. The summed E-state index contributed by atoms with van der Waals surface area (Å²) in [5.41, 5.74) is 4.83. The summed E-state index contributed by atoms with van der Waals surface area (Å²) in [6, 6.07) is -2.24. The van der Waals surface area contributed by atoms with Crippen molar-refractivity contribution in [1.82, 2.24) is 0 Å². The first kappa shape index (κ1) is 14.7. The Bertz CT molecular complexity index is 211. The van der Waals surface area contributed by atoms with Gasteiger partial charge in [0.05, 0.1) is 6.61 Å². The molecule has 3 nitrogen and oxygen atoms in total. The quantitative estimate of drug-likeness (QED) is 0.479. The monoisotopic (exact) mass is 291 g/mol. The van der Waals surface area contributed by atoms with Crippen molar-refractivity contribution in [2.75, 3.05) is 6.61 Å². The molecule has 0 rings (SSSR count). The highest BCUT2D eigenvalue weighted by Gasteiger charge is 2.44. The topological polar surface area (TPSA) is 52.3 Å². The molecule has 0 saturated heterocycles. The number of ether oxygens (including phenoxy) is 1. The summed E-state index contributed by atoms with van der Waals surface area (Å²) in [5, 5.41) is 0. The van der Waals surface area contributed by atoms with Gasteiger partial charge in [-0.15, -0.1) is 0 Å². The second kappa shape index (κ2) is 6.32. The van der Waals surface area contributed by atoms with Crippen LogP contribution in [0.5, 0.6) is 0 Å². The highest BCUT2D eigenvalue weighted by molar-refractivity contribution is 9.10. The number of hydrogen-bond acceptors (Lipinski definition) is 3. The minimum Gasteiger partial charge on any atom is -0.465 e. The van der Waals surface area contributed by atoms with Crippen molar-refractivity contribution in [3.63, 3.8) is 0 Å². The minimum absolute atomic E-state index is 0.113. The van der Waals surface area contributed by atoms with Gasteiger partial charge in [-0.3, -0.25) is 4.79 Å². The Kier molecular flexibility index (Phi) is 6.19. The number of rotatable bonds is 5. The molecule has 0 heterocycles. The molecule has 2 atom stereocenters. The van der Waals surface area contributed by atoms with Crippen molar-refractivity contribution in [1.29, 1.82) is 0 Å². The molecule has 0 spiro atoms. The number of unbranched alkanes of at least 4 members (excludes halogenated alkanes) is 1. The number of hydrogen-bond donors (Lipinski definition) is 1. The third-order valence-corrected chi connectivity index (χ3v) is 2.60. The zero-order valence-electron chi connectivity index (χ0n) is 8.18. The number of esters is 1. The fourth-order valence-corrected chi connectivity index (χ4v) is 1.14. The van der Waals surface area contributed by atoms with E-state index in [1.807, 2.05) is 6.92 Å². The zero-order valence-corrected chi connectivity index (χ0v) is 9.77. The van der Waals surface area contributed by atoms with Crippen LogP contribution in [0.25, 0.3) is 0 Å². The Morgan fingerprint density at radius 1 is 1.53 bits per heavy atom. The molecule has 7 heteroatoms. The summed E-state index contributed by atoms with van der Waals surface area (Å²) in [5.74, 6) is -0.978. The molecule has 15 heavy (non-hydrogen) atoms. The number of alkyl halides is 4. The second-order valence-corrected chi connectivity index (χ2v) is 3.98. The first-order valence-electron chi connectivity index (χ1n) is 4.43. The Hall–Kier alpha value is -0.300. The van der Waals surface area contributed by atoms with Crippen molar-refractivity contribution in [3.8, 4) is 0 Å². The van der Waals surface area contributed by atoms with E-state index in [1.165, 1.54) is 0 Å². The van der Waals surface area contributed by atoms with Crippen molar-refractivity contribution in [2.24, 2.45) is 5.73 Å². The maximum absolute atomic E-state index is 12.1. The van der Waals surface area contributed by atoms with E-state index in [9.17, 15) is 18.0 Å². The summed E-state index contributed by atoms with van der Waals surface area (Å²) in [6.07, 6.45) is -3.20. The first-order chi connectivity index (χ1) is 6.80. The fourth-order valence-electron chi connectivity index (χ4n) is 0.709. The average molecular weight is 292 g/mol. The van der Waals surface area contributed by atoms with Crippen LogP contribution in [0, 0.1) is 0 Å². The van der Waals surface area contributed by atoms with E-state index in [0.29, 0.717) is 6.42 Å². The summed E-state index contributed by atoms with van der Waals surface area (Å²) < 4.78 is 40.9. The molecule has 90 valence electrons. The van der Waals surface area contributed by atoms with Crippen LogP contribution in [0.15, 0.2) is 0 Å². The van der Waals surface area contributed by atoms with Gasteiger partial charge in [-0.25, -0.2) is 0 Å². The van der Waals surface area contributed by atoms with Crippen LogP contribution in [0.1, 0.15) is 19.8 Å². The zero-order chi connectivity index (χ0) is 12.1. The highest BCUT2D eigenvalue weighted by atomic mass is 79.9. The molecule has 2 N–H and O–H groups in total. The number of nitrogens with two attached hydrogens (primary N) is 1. The van der Waals surface area contributed by atoms with Crippen LogP contribution in [-0.4, -0.2) is 29.6 Å². The van der Waals surface area contributed by atoms with Crippen LogP contribution in [0.4, 0.5) is 13.2 Å². The van der Waals surface area contributed by atoms with Crippen LogP contribution in [0.2, 0.25) is 0 Å². The lowest BCUT2D eigenvalue weighted by molar-refractivity contribution is -0.162. The van der Waals surface area contributed by atoms with Crippen LogP contribution < -0.4 is 5.73 Å². The minimum atomic E-state index is -4.61. The molecule has 0 fully saturated rings. The van der Waals surface area contributed by atoms with Gasteiger partial charge in [0.25, 0.3) is 0 Å². The molecule has 0 aliphatic carbocycles. The molecule has 0 aromatic heterocycles. The molecule has 0 aromatic carbocycles. The lowest BCUT2D eigenvalue weighted by Crippen LogP contribution is -2.48. The van der Waals surface area contributed by atoms with Crippen molar-refractivity contribution in [2.45, 2.75) is 36.8 Å². The van der Waals surface area contributed by atoms with Crippen LogP contribution in [-0.2, 0) is 9.53 Å². The smallest absolute Gasteiger partial charge is 0.405 e. The maximum atomic E-state index is 12.1. The van der Waals surface area contributed by atoms with Gasteiger partial charge < -0.3 is 10.5 Å². The number of carbonyl (C=O) groups is 1. The van der Waals surface area contributed by atoms with Gasteiger partial charge in [0.1, 0.15) is 10.9 Å². The largest absolute Gasteiger partial charge is 0.465 e. The van der Waals surface area contributed by atoms with E-state index in [1.54, 1.807) is 0 Å². The third-order valence-electron chi connectivity index (χ3n) is 1.66. The van der Waals surface area contributed by atoms with E-state index in [2.05, 4.69) is 20.7 Å². The maximum Gasteiger partial charge on any atom is 0.405 e. The van der Waals surface area contributed by atoms with Crippen molar-refractivity contribution in [3.05, 3.63) is 0 Å². The van der Waals surface area contributed by atoms with Gasteiger partial charge in [0.15, 0.2) is 0 Å².